The zero-order valence-electron chi connectivity index (χ0n) is 14.6. The number of carbonyl (C=O) groups is 2. The minimum atomic E-state index is -4.65. The maximum absolute atomic E-state index is 14.3. The van der Waals surface area contributed by atoms with Crippen LogP contribution in [0, 0.1) is 5.82 Å². The predicted molar refractivity (Wildman–Crippen MR) is 86.3 cm³/mol. The van der Waals surface area contributed by atoms with Gasteiger partial charge >= 0.3 is 6.18 Å². The Hall–Kier alpha value is -2.16. The highest BCUT2D eigenvalue weighted by molar-refractivity contribution is 5.90. The molecule has 2 amide bonds. The van der Waals surface area contributed by atoms with Crippen molar-refractivity contribution in [1.29, 1.82) is 0 Å². The molecular formula is C17H21F4N3O2. The van der Waals surface area contributed by atoms with Crippen molar-refractivity contribution in [2.45, 2.75) is 57.5 Å². The number of halogens is 4. The summed E-state index contributed by atoms with van der Waals surface area (Å²) in [6.45, 7) is 4.88. The van der Waals surface area contributed by atoms with Gasteiger partial charge in [0.05, 0.1) is 29.7 Å². The lowest BCUT2D eigenvalue weighted by atomic mass is 9.87. The SMILES string of the molecule is CCC(C)(NC(=O)C1CC(=O)NC(C)N1)c1ccc(C(F)(F)F)cc1F. The van der Waals surface area contributed by atoms with Gasteiger partial charge in [-0.05, 0) is 32.4 Å². The minimum absolute atomic E-state index is 0.0466. The summed E-state index contributed by atoms with van der Waals surface area (Å²) in [5, 5.41) is 8.17. The molecule has 2 rings (SSSR count). The van der Waals surface area contributed by atoms with Crippen molar-refractivity contribution in [1.82, 2.24) is 16.0 Å². The third-order valence-corrected chi connectivity index (χ3v) is 4.53. The highest BCUT2D eigenvalue weighted by Crippen LogP contribution is 2.34. The molecule has 0 spiro atoms. The van der Waals surface area contributed by atoms with Crippen molar-refractivity contribution in [3.8, 4) is 0 Å². The molecule has 0 aromatic heterocycles. The van der Waals surface area contributed by atoms with Crippen LogP contribution < -0.4 is 16.0 Å². The second-order valence-corrected chi connectivity index (χ2v) is 6.58. The average molecular weight is 375 g/mol. The van der Waals surface area contributed by atoms with Gasteiger partial charge in [0.15, 0.2) is 0 Å². The van der Waals surface area contributed by atoms with Gasteiger partial charge in [-0.3, -0.25) is 14.9 Å². The molecule has 3 N–H and O–H groups in total. The molecule has 3 unspecified atom stereocenters. The lowest BCUT2D eigenvalue weighted by Crippen LogP contribution is -2.61. The molecule has 1 aromatic carbocycles. The van der Waals surface area contributed by atoms with E-state index in [1.165, 1.54) is 6.92 Å². The van der Waals surface area contributed by atoms with Gasteiger partial charge < -0.3 is 10.6 Å². The summed E-state index contributed by atoms with van der Waals surface area (Å²) in [6, 6.07) is 1.43. The molecule has 1 aliphatic rings. The van der Waals surface area contributed by atoms with E-state index in [0.717, 1.165) is 12.1 Å². The first-order chi connectivity index (χ1) is 12.0. The van der Waals surface area contributed by atoms with Gasteiger partial charge in [-0.25, -0.2) is 4.39 Å². The van der Waals surface area contributed by atoms with Crippen LogP contribution in [0.3, 0.4) is 0 Å². The lowest BCUT2D eigenvalue weighted by Gasteiger charge is -2.35. The molecule has 0 bridgehead atoms. The quantitative estimate of drug-likeness (QED) is 0.708. The van der Waals surface area contributed by atoms with E-state index < -0.39 is 41.2 Å². The largest absolute Gasteiger partial charge is 0.416 e. The van der Waals surface area contributed by atoms with E-state index in [1.807, 2.05) is 0 Å². The molecule has 0 aliphatic carbocycles. The lowest BCUT2D eigenvalue weighted by molar-refractivity contribution is -0.137. The van der Waals surface area contributed by atoms with Gasteiger partial charge in [0.2, 0.25) is 11.8 Å². The summed E-state index contributed by atoms with van der Waals surface area (Å²) in [5.41, 5.74) is -2.36. The second-order valence-electron chi connectivity index (χ2n) is 6.58. The molecule has 26 heavy (non-hydrogen) atoms. The number of amides is 2. The summed E-state index contributed by atoms with van der Waals surface area (Å²) in [4.78, 5) is 24.1. The minimum Gasteiger partial charge on any atom is -0.345 e. The first kappa shape index (κ1) is 20.2. The fourth-order valence-electron chi connectivity index (χ4n) is 2.90. The Morgan fingerprint density at radius 1 is 1.35 bits per heavy atom. The Morgan fingerprint density at radius 2 is 2.00 bits per heavy atom. The highest BCUT2D eigenvalue weighted by atomic mass is 19.4. The molecule has 0 saturated carbocycles. The van der Waals surface area contributed by atoms with Crippen LogP contribution >= 0.6 is 0 Å². The first-order valence-electron chi connectivity index (χ1n) is 8.21. The van der Waals surface area contributed by atoms with E-state index in [9.17, 15) is 27.2 Å². The number of rotatable bonds is 4. The third-order valence-electron chi connectivity index (χ3n) is 4.53. The van der Waals surface area contributed by atoms with E-state index in [1.54, 1.807) is 13.8 Å². The molecule has 3 atom stereocenters. The van der Waals surface area contributed by atoms with Crippen LogP contribution in [-0.2, 0) is 21.3 Å². The van der Waals surface area contributed by atoms with Crippen LogP contribution in [0.5, 0.6) is 0 Å². The fraction of sp³-hybridized carbons (Fsp3) is 0.529. The number of benzene rings is 1. The normalized spacial score (nSPS) is 23.1. The van der Waals surface area contributed by atoms with Crippen molar-refractivity contribution >= 4 is 11.8 Å². The molecular weight excluding hydrogens is 354 g/mol. The van der Waals surface area contributed by atoms with Crippen LogP contribution in [-0.4, -0.2) is 24.0 Å². The van der Waals surface area contributed by atoms with Crippen LogP contribution in [0.25, 0.3) is 0 Å². The van der Waals surface area contributed by atoms with Crippen LogP contribution in [0.2, 0.25) is 0 Å². The maximum atomic E-state index is 14.3. The number of nitrogens with one attached hydrogen (secondary N) is 3. The van der Waals surface area contributed by atoms with Crippen molar-refractivity contribution < 1.29 is 27.2 Å². The van der Waals surface area contributed by atoms with E-state index in [2.05, 4.69) is 16.0 Å². The average Bonchev–Trinajstić information content (AvgIpc) is 2.52. The number of alkyl halides is 3. The van der Waals surface area contributed by atoms with Gasteiger partial charge in [0.25, 0.3) is 0 Å². The Morgan fingerprint density at radius 3 is 2.50 bits per heavy atom. The van der Waals surface area contributed by atoms with Crippen LogP contribution in [0.15, 0.2) is 18.2 Å². The maximum Gasteiger partial charge on any atom is 0.416 e. The Bertz CT molecular complexity index is 708. The molecule has 0 radical (unpaired) electrons. The van der Waals surface area contributed by atoms with Crippen LogP contribution in [0.1, 0.15) is 44.7 Å². The Balaban J connectivity index is 2.25. The Labute approximate surface area is 148 Å². The number of carbonyl (C=O) groups excluding carboxylic acids is 2. The van der Waals surface area contributed by atoms with Gasteiger partial charge in [-0.1, -0.05) is 13.0 Å². The van der Waals surface area contributed by atoms with Gasteiger partial charge in [-0.2, -0.15) is 13.2 Å². The van der Waals surface area contributed by atoms with Crippen molar-refractivity contribution in [2.24, 2.45) is 0 Å². The Kier molecular flexibility index (Phi) is 5.60. The third kappa shape index (κ3) is 4.32. The van der Waals surface area contributed by atoms with Gasteiger partial charge in [0, 0.05) is 5.56 Å². The molecule has 1 heterocycles. The molecule has 1 fully saturated rings. The van der Waals surface area contributed by atoms with Gasteiger partial charge in [0.1, 0.15) is 5.82 Å². The summed E-state index contributed by atoms with van der Waals surface area (Å²) >= 11 is 0. The fourth-order valence-corrected chi connectivity index (χ4v) is 2.90. The summed E-state index contributed by atoms with van der Waals surface area (Å²) in [5.74, 6) is -1.86. The standard InChI is InChI=1S/C17H21F4N3O2/c1-4-16(3,11-6-5-10(7-12(11)18)17(19,20)21)24-15(26)13-8-14(25)23-9(2)22-13/h5-7,9,13,22H,4,8H2,1-3H3,(H,23,25)(H,24,26). The number of hydrogen-bond acceptors (Lipinski definition) is 3. The van der Waals surface area contributed by atoms with Crippen molar-refractivity contribution in [2.75, 3.05) is 0 Å². The summed E-state index contributed by atoms with van der Waals surface area (Å²) < 4.78 is 52.5. The second kappa shape index (κ2) is 7.22. The molecule has 1 saturated heterocycles. The highest BCUT2D eigenvalue weighted by Gasteiger charge is 2.37. The van der Waals surface area contributed by atoms with Crippen molar-refractivity contribution in [3.63, 3.8) is 0 Å². The zero-order valence-corrected chi connectivity index (χ0v) is 14.6. The topological polar surface area (TPSA) is 70.2 Å². The monoisotopic (exact) mass is 375 g/mol. The van der Waals surface area contributed by atoms with E-state index in [4.69, 9.17) is 0 Å². The first-order valence-corrected chi connectivity index (χ1v) is 8.21. The predicted octanol–water partition coefficient (Wildman–Crippen LogP) is 2.41. The van der Waals surface area contributed by atoms with E-state index in [-0.39, 0.29) is 24.3 Å². The summed E-state index contributed by atoms with van der Waals surface area (Å²) in [6.07, 6.45) is -4.88. The number of hydrogen-bond donors (Lipinski definition) is 3. The summed E-state index contributed by atoms with van der Waals surface area (Å²) in [7, 11) is 0. The smallest absolute Gasteiger partial charge is 0.345 e. The molecule has 144 valence electrons. The van der Waals surface area contributed by atoms with Gasteiger partial charge in [-0.15, -0.1) is 0 Å². The van der Waals surface area contributed by atoms with E-state index >= 15 is 0 Å². The van der Waals surface area contributed by atoms with E-state index in [0.29, 0.717) is 6.07 Å². The van der Waals surface area contributed by atoms with Crippen molar-refractivity contribution in [3.05, 3.63) is 35.1 Å². The molecule has 1 aromatic rings. The molecule has 9 heteroatoms. The zero-order chi connectivity index (χ0) is 19.7. The molecule has 5 nitrogen and oxygen atoms in total. The van der Waals surface area contributed by atoms with Crippen LogP contribution in [0.4, 0.5) is 17.6 Å². The molecule has 1 aliphatic heterocycles.